The SMILES string of the molecule is CNC(=O)CCc1ccccc1.Cc1cccc2c1CCN(C)C2. The summed E-state index contributed by atoms with van der Waals surface area (Å²) in [6, 6.07) is 16.6. The van der Waals surface area contributed by atoms with Crippen molar-refractivity contribution in [1.82, 2.24) is 10.2 Å². The highest BCUT2D eigenvalue weighted by Crippen LogP contribution is 2.20. The summed E-state index contributed by atoms with van der Waals surface area (Å²) in [4.78, 5) is 13.3. The topological polar surface area (TPSA) is 32.3 Å². The smallest absolute Gasteiger partial charge is 0.220 e. The molecular formula is C21H28N2O. The maximum absolute atomic E-state index is 10.9. The molecule has 0 aromatic heterocycles. The number of rotatable bonds is 3. The number of likely N-dealkylation sites (N-methyl/N-ethyl adjacent to an activating group) is 1. The van der Waals surface area contributed by atoms with E-state index < -0.39 is 0 Å². The number of fused-ring (bicyclic) bond motifs is 1. The number of aryl methyl sites for hydroxylation is 2. The average molecular weight is 324 g/mol. The van der Waals surface area contributed by atoms with E-state index in [1.54, 1.807) is 12.6 Å². The Balaban J connectivity index is 0.000000174. The highest BCUT2D eigenvalue weighted by molar-refractivity contribution is 5.75. The Morgan fingerprint density at radius 3 is 2.58 bits per heavy atom. The molecule has 24 heavy (non-hydrogen) atoms. The predicted octanol–water partition coefficient (Wildman–Crippen LogP) is 3.35. The molecule has 0 bridgehead atoms. The quantitative estimate of drug-likeness (QED) is 0.939. The lowest BCUT2D eigenvalue weighted by Crippen LogP contribution is -2.26. The fraction of sp³-hybridized carbons (Fsp3) is 0.381. The van der Waals surface area contributed by atoms with Gasteiger partial charge in [-0.3, -0.25) is 4.79 Å². The average Bonchev–Trinajstić information content (AvgIpc) is 2.61. The first-order valence-electron chi connectivity index (χ1n) is 8.60. The zero-order valence-electron chi connectivity index (χ0n) is 15.0. The molecule has 0 atom stereocenters. The third-order valence-corrected chi connectivity index (χ3v) is 4.45. The van der Waals surface area contributed by atoms with Gasteiger partial charge >= 0.3 is 0 Å². The molecule has 0 spiro atoms. The van der Waals surface area contributed by atoms with E-state index in [1.807, 2.05) is 30.3 Å². The lowest BCUT2D eigenvalue weighted by Gasteiger charge is -2.25. The Hall–Kier alpha value is -2.13. The number of benzene rings is 2. The second-order valence-electron chi connectivity index (χ2n) is 6.36. The van der Waals surface area contributed by atoms with E-state index in [0.717, 1.165) is 13.0 Å². The van der Waals surface area contributed by atoms with E-state index >= 15 is 0 Å². The molecule has 1 amide bonds. The van der Waals surface area contributed by atoms with Crippen LogP contribution in [0.25, 0.3) is 0 Å². The standard InChI is InChI=1S/C11H15N.C10H13NO/c1-9-4-3-5-10-8-12(2)7-6-11(9)10;1-11-10(12)8-7-9-5-3-2-4-6-9/h3-5H,6-8H2,1-2H3;2-6H,7-8H2,1H3,(H,11,12). The first-order valence-corrected chi connectivity index (χ1v) is 8.60. The van der Waals surface area contributed by atoms with Crippen LogP contribution in [0.5, 0.6) is 0 Å². The second kappa shape index (κ2) is 9.24. The molecule has 0 radical (unpaired) electrons. The molecule has 0 unspecified atom stereocenters. The molecule has 1 heterocycles. The van der Waals surface area contributed by atoms with Gasteiger partial charge in [-0.25, -0.2) is 0 Å². The van der Waals surface area contributed by atoms with Gasteiger partial charge in [0, 0.05) is 26.6 Å². The molecule has 2 aromatic rings. The molecule has 0 aliphatic carbocycles. The molecular weight excluding hydrogens is 296 g/mol. The van der Waals surface area contributed by atoms with Crippen LogP contribution in [0.2, 0.25) is 0 Å². The maximum atomic E-state index is 10.9. The molecule has 3 heteroatoms. The third-order valence-electron chi connectivity index (χ3n) is 4.45. The van der Waals surface area contributed by atoms with E-state index in [-0.39, 0.29) is 5.91 Å². The van der Waals surface area contributed by atoms with E-state index in [0.29, 0.717) is 6.42 Å². The number of hydrogen-bond acceptors (Lipinski definition) is 2. The molecule has 3 nitrogen and oxygen atoms in total. The summed E-state index contributed by atoms with van der Waals surface area (Å²) in [5, 5.41) is 2.60. The van der Waals surface area contributed by atoms with Crippen LogP contribution in [0.15, 0.2) is 48.5 Å². The normalized spacial score (nSPS) is 13.5. The van der Waals surface area contributed by atoms with Crippen molar-refractivity contribution in [1.29, 1.82) is 0 Å². The lowest BCUT2D eigenvalue weighted by molar-refractivity contribution is -0.120. The molecule has 1 aliphatic heterocycles. The van der Waals surface area contributed by atoms with Gasteiger partial charge in [0.05, 0.1) is 0 Å². The number of nitrogens with one attached hydrogen (secondary N) is 1. The van der Waals surface area contributed by atoms with Crippen molar-refractivity contribution in [3.05, 3.63) is 70.8 Å². The van der Waals surface area contributed by atoms with Gasteiger partial charge in [0.1, 0.15) is 0 Å². The Morgan fingerprint density at radius 1 is 1.12 bits per heavy atom. The van der Waals surface area contributed by atoms with Crippen molar-refractivity contribution in [2.75, 3.05) is 20.6 Å². The van der Waals surface area contributed by atoms with Gasteiger partial charge in [0.2, 0.25) is 5.91 Å². The van der Waals surface area contributed by atoms with Gasteiger partial charge in [-0.15, -0.1) is 0 Å². The van der Waals surface area contributed by atoms with Crippen molar-refractivity contribution in [2.45, 2.75) is 32.7 Å². The van der Waals surface area contributed by atoms with Gasteiger partial charge in [0.15, 0.2) is 0 Å². The van der Waals surface area contributed by atoms with Crippen molar-refractivity contribution in [3.8, 4) is 0 Å². The molecule has 1 N–H and O–H groups in total. The monoisotopic (exact) mass is 324 g/mol. The van der Waals surface area contributed by atoms with Crippen LogP contribution in [-0.2, 0) is 24.2 Å². The highest BCUT2D eigenvalue weighted by Gasteiger charge is 2.13. The Labute approximate surface area is 145 Å². The molecule has 128 valence electrons. The minimum absolute atomic E-state index is 0.0962. The highest BCUT2D eigenvalue weighted by atomic mass is 16.1. The van der Waals surface area contributed by atoms with Crippen LogP contribution in [-0.4, -0.2) is 31.4 Å². The van der Waals surface area contributed by atoms with Crippen LogP contribution in [0.1, 0.15) is 28.7 Å². The number of nitrogens with zero attached hydrogens (tertiary/aromatic N) is 1. The predicted molar refractivity (Wildman–Crippen MR) is 100 cm³/mol. The van der Waals surface area contributed by atoms with Crippen LogP contribution in [0.3, 0.4) is 0 Å². The minimum atomic E-state index is 0.0962. The molecule has 0 saturated carbocycles. The van der Waals surface area contributed by atoms with E-state index in [9.17, 15) is 4.79 Å². The van der Waals surface area contributed by atoms with E-state index in [2.05, 4.69) is 42.4 Å². The summed E-state index contributed by atoms with van der Waals surface area (Å²) in [6.07, 6.45) is 2.61. The zero-order chi connectivity index (χ0) is 17.4. The minimum Gasteiger partial charge on any atom is -0.359 e. The maximum Gasteiger partial charge on any atom is 0.220 e. The Bertz CT molecular complexity index is 652. The summed E-state index contributed by atoms with van der Waals surface area (Å²) in [6.45, 7) is 4.54. The van der Waals surface area contributed by atoms with Crippen molar-refractivity contribution in [2.24, 2.45) is 0 Å². The van der Waals surface area contributed by atoms with Crippen molar-refractivity contribution >= 4 is 5.91 Å². The number of hydrogen-bond donors (Lipinski definition) is 1. The number of amides is 1. The van der Waals surface area contributed by atoms with Gasteiger partial charge in [-0.1, -0.05) is 48.5 Å². The summed E-state index contributed by atoms with van der Waals surface area (Å²) in [5.41, 5.74) is 5.76. The van der Waals surface area contributed by atoms with E-state index in [1.165, 1.54) is 29.7 Å². The fourth-order valence-corrected chi connectivity index (χ4v) is 2.97. The molecule has 0 saturated heterocycles. The van der Waals surface area contributed by atoms with Crippen LogP contribution in [0, 0.1) is 6.92 Å². The first-order chi connectivity index (χ1) is 11.6. The van der Waals surface area contributed by atoms with Gasteiger partial charge < -0.3 is 10.2 Å². The number of carbonyl (C=O) groups is 1. The second-order valence-corrected chi connectivity index (χ2v) is 6.36. The Morgan fingerprint density at radius 2 is 1.88 bits per heavy atom. The van der Waals surface area contributed by atoms with Crippen LogP contribution >= 0.6 is 0 Å². The third kappa shape index (κ3) is 5.50. The molecule has 0 fully saturated rings. The van der Waals surface area contributed by atoms with Gasteiger partial charge in [0.25, 0.3) is 0 Å². The molecule has 3 rings (SSSR count). The van der Waals surface area contributed by atoms with Gasteiger partial charge in [-0.05, 0) is 49.1 Å². The first kappa shape index (κ1) is 18.2. The number of carbonyl (C=O) groups excluding carboxylic acids is 1. The zero-order valence-corrected chi connectivity index (χ0v) is 15.0. The summed E-state index contributed by atoms with van der Waals surface area (Å²) in [7, 11) is 3.85. The lowest BCUT2D eigenvalue weighted by atomic mass is 9.96. The van der Waals surface area contributed by atoms with Gasteiger partial charge in [-0.2, -0.15) is 0 Å². The Kier molecular flexibility index (Phi) is 7.01. The van der Waals surface area contributed by atoms with Crippen molar-refractivity contribution < 1.29 is 4.79 Å². The van der Waals surface area contributed by atoms with Crippen LogP contribution in [0.4, 0.5) is 0 Å². The van der Waals surface area contributed by atoms with Crippen molar-refractivity contribution in [3.63, 3.8) is 0 Å². The summed E-state index contributed by atoms with van der Waals surface area (Å²) < 4.78 is 0. The fourth-order valence-electron chi connectivity index (χ4n) is 2.97. The molecule has 1 aliphatic rings. The van der Waals surface area contributed by atoms with E-state index in [4.69, 9.17) is 0 Å². The summed E-state index contributed by atoms with van der Waals surface area (Å²) >= 11 is 0. The van der Waals surface area contributed by atoms with Crippen LogP contribution < -0.4 is 5.32 Å². The largest absolute Gasteiger partial charge is 0.359 e. The molecule has 2 aromatic carbocycles. The summed E-state index contributed by atoms with van der Waals surface area (Å²) in [5.74, 6) is 0.0962.